The van der Waals surface area contributed by atoms with Crippen molar-refractivity contribution in [3.8, 4) is 0 Å². The number of anilines is 1. The normalized spacial score (nSPS) is 28.2. The van der Waals surface area contributed by atoms with Crippen LogP contribution >= 0.6 is 0 Å². The molecule has 158 valence electrons. The average molecular weight is 418 g/mol. The number of nitrogens with zero attached hydrogens (tertiary/aromatic N) is 1. The molecule has 3 aliphatic rings. The molecule has 4 atom stereocenters. The van der Waals surface area contributed by atoms with Crippen LogP contribution in [0.15, 0.2) is 66.7 Å². The van der Waals surface area contributed by atoms with Gasteiger partial charge in [-0.25, -0.2) is 9.69 Å². The van der Waals surface area contributed by atoms with E-state index in [1.54, 1.807) is 18.2 Å². The van der Waals surface area contributed by atoms with Crippen molar-refractivity contribution < 1.29 is 23.9 Å². The minimum absolute atomic E-state index is 0.0511. The molecule has 0 aliphatic carbocycles. The molecular weight excluding hydrogens is 396 g/mol. The van der Waals surface area contributed by atoms with Crippen molar-refractivity contribution in [2.75, 3.05) is 11.4 Å². The van der Waals surface area contributed by atoms with Gasteiger partial charge in [-0.1, -0.05) is 60.2 Å². The lowest BCUT2D eigenvalue weighted by Gasteiger charge is -2.28. The number of hydrogen-bond acceptors (Lipinski definition) is 5. The standard InChI is InChI=1S/C24H22N2O5/c1-15-7-9-17(10-8-15)26-21(27)19-18-11-12-24(31-18,20(19)22(26)28)14-25-23(29)30-13-16-5-3-2-4-6-16/h2-12,18-20H,13-14H2,1H3,(H,25,29)/t18-,19+,20-,24+/m0/s1. The molecule has 0 aromatic heterocycles. The molecule has 3 aliphatic heterocycles. The van der Waals surface area contributed by atoms with Gasteiger partial charge >= 0.3 is 6.09 Å². The molecule has 7 heteroatoms. The highest BCUT2D eigenvalue weighted by Crippen LogP contribution is 2.52. The van der Waals surface area contributed by atoms with Gasteiger partial charge in [0.05, 0.1) is 30.2 Å². The highest BCUT2D eigenvalue weighted by Gasteiger charge is 2.67. The molecule has 2 aromatic carbocycles. The summed E-state index contributed by atoms with van der Waals surface area (Å²) >= 11 is 0. The second-order valence-electron chi connectivity index (χ2n) is 8.16. The van der Waals surface area contributed by atoms with E-state index >= 15 is 0 Å². The van der Waals surface area contributed by atoms with E-state index in [-0.39, 0.29) is 25.0 Å². The van der Waals surface area contributed by atoms with Crippen molar-refractivity contribution in [2.45, 2.75) is 25.2 Å². The van der Waals surface area contributed by atoms with Gasteiger partial charge < -0.3 is 14.8 Å². The lowest BCUT2D eigenvalue weighted by molar-refractivity contribution is -0.126. The summed E-state index contributed by atoms with van der Waals surface area (Å²) in [7, 11) is 0. The van der Waals surface area contributed by atoms with E-state index in [2.05, 4.69) is 5.32 Å². The molecule has 31 heavy (non-hydrogen) atoms. The summed E-state index contributed by atoms with van der Waals surface area (Å²) in [5.74, 6) is -1.82. The Morgan fingerprint density at radius 2 is 1.84 bits per heavy atom. The number of hydrogen-bond donors (Lipinski definition) is 1. The minimum atomic E-state index is -1.05. The number of carbonyl (C=O) groups excluding carboxylic acids is 3. The van der Waals surface area contributed by atoms with E-state index in [9.17, 15) is 14.4 Å². The lowest BCUT2D eigenvalue weighted by Crippen LogP contribution is -2.49. The molecule has 0 radical (unpaired) electrons. The van der Waals surface area contributed by atoms with Crippen molar-refractivity contribution >= 4 is 23.6 Å². The fourth-order valence-corrected chi connectivity index (χ4v) is 4.64. The minimum Gasteiger partial charge on any atom is -0.445 e. The molecule has 3 heterocycles. The Kier molecular flexibility index (Phi) is 4.63. The van der Waals surface area contributed by atoms with Crippen molar-refractivity contribution in [1.29, 1.82) is 0 Å². The van der Waals surface area contributed by atoms with Crippen LogP contribution < -0.4 is 10.2 Å². The molecule has 0 unspecified atom stereocenters. The number of nitrogens with one attached hydrogen (secondary N) is 1. The fourth-order valence-electron chi connectivity index (χ4n) is 4.64. The van der Waals surface area contributed by atoms with E-state index in [1.807, 2.05) is 55.5 Å². The predicted octanol–water partition coefficient (Wildman–Crippen LogP) is 2.73. The molecule has 3 amide bonds. The van der Waals surface area contributed by atoms with Crippen molar-refractivity contribution in [2.24, 2.45) is 11.8 Å². The van der Waals surface area contributed by atoms with Gasteiger partial charge in [-0.2, -0.15) is 0 Å². The number of fused-ring (bicyclic) bond motifs is 5. The lowest BCUT2D eigenvalue weighted by atomic mass is 9.77. The van der Waals surface area contributed by atoms with E-state index in [1.165, 1.54) is 4.90 Å². The van der Waals surface area contributed by atoms with Crippen molar-refractivity contribution in [3.05, 3.63) is 77.9 Å². The highest BCUT2D eigenvalue weighted by molar-refractivity contribution is 6.23. The van der Waals surface area contributed by atoms with E-state index in [0.717, 1.165) is 11.1 Å². The Balaban J connectivity index is 1.29. The van der Waals surface area contributed by atoms with Crippen LogP contribution in [0.2, 0.25) is 0 Å². The van der Waals surface area contributed by atoms with Crippen LogP contribution in [0, 0.1) is 18.8 Å². The summed E-state index contributed by atoms with van der Waals surface area (Å²) in [6.45, 7) is 2.14. The van der Waals surface area contributed by atoms with Crippen LogP contribution in [0.4, 0.5) is 10.5 Å². The van der Waals surface area contributed by atoms with Crippen LogP contribution in [0.1, 0.15) is 11.1 Å². The number of alkyl carbamates (subject to hydrolysis) is 1. The third kappa shape index (κ3) is 3.21. The smallest absolute Gasteiger partial charge is 0.407 e. The number of amides is 3. The van der Waals surface area contributed by atoms with Crippen LogP contribution in [0.3, 0.4) is 0 Å². The third-order valence-corrected chi connectivity index (χ3v) is 6.17. The fraction of sp³-hybridized carbons (Fsp3) is 0.292. The monoisotopic (exact) mass is 418 g/mol. The Hall–Kier alpha value is -3.45. The summed E-state index contributed by atoms with van der Waals surface area (Å²) in [5, 5.41) is 2.70. The molecular formula is C24H22N2O5. The van der Waals surface area contributed by atoms with Gasteiger partial charge in [0.15, 0.2) is 0 Å². The molecule has 7 nitrogen and oxygen atoms in total. The quantitative estimate of drug-likeness (QED) is 0.596. The average Bonchev–Trinajstić information content (AvgIpc) is 3.43. The predicted molar refractivity (Wildman–Crippen MR) is 112 cm³/mol. The Morgan fingerprint density at radius 1 is 1.10 bits per heavy atom. The Bertz CT molecular complexity index is 1070. The number of rotatable bonds is 5. The maximum atomic E-state index is 13.3. The van der Waals surface area contributed by atoms with Gasteiger partial charge in [-0.15, -0.1) is 0 Å². The van der Waals surface area contributed by atoms with Gasteiger partial charge in [-0.3, -0.25) is 9.59 Å². The van der Waals surface area contributed by atoms with E-state index in [0.29, 0.717) is 5.69 Å². The van der Waals surface area contributed by atoms with Gasteiger partial charge in [0.25, 0.3) is 0 Å². The van der Waals surface area contributed by atoms with Gasteiger partial charge in [0.2, 0.25) is 11.8 Å². The molecule has 2 saturated heterocycles. The van der Waals surface area contributed by atoms with Crippen molar-refractivity contribution in [3.63, 3.8) is 0 Å². The zero-order valence-electron chi connectivity index (χ0n) is 17.0. The molecule has 2 fully saturated rings. The van der Waals surface area contributed by atoms with E-state index in [4.69, 9.17) is 9.47 Å². The molecule has 2 aromatic rings. The van der Waals surface area contributed by atoms with Crippen LogP contribution in [-0.4, -0.2) is 36.2 Å². The van der Waals surface area contributed by atoms with Crippen LogP contribution in [0.5, 0.6) is 0 Å². The number of imide groups is 1. The van der Waals surface area contributed by atoms with Gasteiger partial charge in [0, 0.05) is 0 Å². The number of benzene rings is 2. The van der Waals surface area contributed by atoms with Gasteiger partial charge in [-0.05, 0) is 24.6 Å². The second kappa shape index (κ2) is 7.35. The maximum absolute atomic E-state index is 13.3. The van der Waals surface area contributed by atoms with Gasteiger partial charge in [0.1, 0.15) is 12.2 Å². The molecule has 2 bridgehead atoms. The van der Waals surface area contributed by atoms with Crippen LogP contribution in [0.25, 0.3) is 0 Å². The molecule has 0 saturated carbocycles. The van der Waals surface area contributed by atoms with E-state index < -0.39 is 29.6 Å². The first kappa shape index (κ1) is 19.5. The zero-order chi connectivity index (χ0) is 21.6. The largest absolute Gasteiger partial charge is 0.445 e. The first-order chi connectivity index (χ1) is 15.0. The summed E-state index contributed by atoms with van der Waals surface area (Å²) in [5.41, 5.74) is 1.43. The molecule has 0 spiro atoms. The topological polar surface area (TPSA) is 84.9 Å². The maximum Gasteiger partial charge on any atom is 0.407 e. The molecule has 1 N–H and O–H groups in total. The summed E-state index contributed by atoms with van der Waals surface area (Å²) in [6, 6.07) is 16.6. The Morgan fingerprint density at radius 3 is 2.58 bits per heavy atom. The highest BCUT2D eigenvalue weighted by atomic mass is 16.6. The third-order valence-electron chi connectivity index (χ3n) is 6.17. The van der Waals surface area contributed by atoms with Crippen LogP contribution in [-0.2, 0) is 25.7 Å². The first-order valence-electron chi connectivity index (χ1n) is 10.2. The number of ether oxygens (including phenoxy) is 2. The summed E-state index contributed by atoms with van der Waals surface area (Å²) < 4.78 is 11.3. The van der Waals surface area contributed by atoms with Crippen molar-refractivity contribution in [1.82, 2.24) is 5.32 Å². The molecule has 5 rings (SSSR count). The number of carbonyl (C=O) groups is 3. The zero-order valence-corrected chi connectivity index (χ0v) is 17.0. The first-order valence-corrected chi connectivity index (χ1v) is 10.2. The second-order valence-corrected chi connectivity index (χ2v) is 8.16. The SMILES string of the molecule is Cc1ccc(N2C(=O)[C@@H]3[C@@H]4C=C[C@](CNC(=O)OCc5ccccc5)(O4)[C@@H]3C2=O)cc1. The number of aryl methyl sites for hydroxylation is 1. The summed E-state index contributed by atoms with van der Waals surface area (Å²) in [4.78, 5) is 39.8. The Labute approximate surface area is 179 Å². The summed E-state index contributed by atoms with van der Waals surface area (Å²) in [6.07, 6.45) is 2.52.